The number of hydrogen-bond donors (Lipinski definition) is 2. The molecular formula is C22H25N5O4S. The Balaban J connectivity index is 1.54. The van der Waals surface area contributed by atoms with Gasteiger partial charge in [-0.25, -0.2) is 4.98 Å². The molecule has 9 nitrogen and oxygen atoms in total. The van der Waals surface area contributed by atoms with Crippen LogP contribution in [0, 0.1) is 0 Å². The van der Waals surface area contributed by atoms with E-state index in [0.717, 1.165) is 28.7 Å². The maximum atomic E-state index is 12.8. The number of para-hydroxylation sites is 2. The highest BCUT2D eigenvalue weighted by atomic mass is 32.1. The van der Waals surface area contributed by atoms with Crippen molar-refractivity contribution in [3.8, 4) is 17.2 Å². The quantitative estimate of drug-likeness (QED) is 0.588. The first-order chi connectivity index (χ1) is 15.5. The van der Waals surface area contributed by atoms with E-state index in [9.17, 15) is 14.7 Å². The number of aromatic hydroxyl groups is 1. The third-order valence-electron chi connectivity index (χ3n) is 5.51. The molecule has 3 aromatic rings. The van der Waals surface area contributed by atoms with E-state index in [0.29, 0.717) is 22.6 Å². The van der Waals surface area contributed by atoms with Gasteiger partial charge in [-0.05, 0) is 38.4 Å². The van der Waals surface area contributed by atoms with Gasteiger partial charge < -0.3 is 9.84 Å². The van der Waals surface area contributed by atoms with Crippen molar-refractivity contribution in [2.45, 2.75) is 38.8 Å². The first kappa shape index (κ1) is 22.0. The van der Waals surface area contributed by atoms with E-state index < -0.39 is 17.2 Å². The Morgan fingerprint density at radius 3 is 2.94 bits per heavy atom. The molecule has 1 unspecified atom stereocenters. The molecule has 1 aliphatic heterocycles. The topological polar surface area (TPSA) is 110 Å². The van der Waals surface area contributed by atoms with Crippen LogP contribution in [0.25, 0.3) is 5.69 Å². The fourth-order valence-electron chi connectivity index (χ4n) is 3.77. The molecule has 2 aromatic heterocycles. The second-order valence-corrected chi connectivity index (χ2v) is 8.82. The van der Waals surface area contributed by atoms with Gasteiger partial charge in [-0.1, -0.05) is 18.6 Å². The summed E-state index contributed by atoms with van der Waals surface area (Å²) in [4.78, 5) is 33.0. The molecule has 0 radical (unpaired) electrons. The molecular weight excluding hydrogens is 430 g/mol. The van der Waals surface area contributed by atoms with E-state index >= 15 is 0 Å². The number of nitrogens with one attached hydrogen (secondary N) is 1. The smallest absolute Gasteiger partial charge is 0.281 e. The van der Waals surface area contributed by atoms with Crippen LogP contribution in [0.1, 0.15) is 41.6 Å². The predicted octanol–water partition coefficient (Wildman–Crippen LogP) is 3.03. The molecule has 10 heteroatoms. The van der Waals surface area contributed by atoms with Crippen LogP contribution in [0.3, 0.4) is 0 Å². The van der Waals surface area contributed by atoms with Crippen molar-refractivity contribution >= 4 is 22.4 Å². The number of thiazole rings is 1. The zero-order chi connectivity index (χ0) is 22.7. The van der Waals surface area contributed by atoms with Crippen LogP contribution in [0.2, 0.25) is 0 Å². The number of methoxy groups -OCH3 is 1. The number of carbonyl (C=O) groups excluding carboxylic acids is 1. The van der Waals surface area contributed by atoms with Crippen LogP contribution < -0.4 is 15.6 Å². The Labute approximate surface area is 189 Å². The van der Waals surface area contributed by atoms with Crippen molar-refractivity contribution in [1.29, 1.82) is 0 Å². The Morgan fingerprint density at radius 1 is 1.34 bits per heavy atom. The second-order valence-electron chi connectivity index (χ2n) is 7.70. The van der Waals surface area contributed by atoms with Gasteiger partial charge in [0.15, 0.2) is 16.6 Å². The summed E-state index contributed by atoms with van der Waals surface area (Å²) in [6.45, 7) is 4.08. The van der Waals surface area contributed by atoms with Crippen molar-refractivity contribution in [3.63, 3.8) is 0 Å². The van der Waals surface area contributed by atoms with Gasteiger partial charge in [0.2, 0.25) is 0 Å². The molecule has 4 rings (SSSR count). The summed E-state index contributed by atoms with van der Waals surface area (Å²) in [5.41, 5.74) is -0.506. The summed E-state index contributed by atoms with van der Waals surface area (Å²) in [5, 5.41) is 17.4. The molecule has 0 spiro atoms. The number of hydrogen-bond acceptors (Lipinski definition) is 8. The summed E-state index contributed by atoms with van der Waals surface area (Å²) in [7, 11) is 1.47. The molecule has 1 atom stereocenters. The van der Waals surface area contributed by atoms with E-state index in [4.69, 9.17) is 4.74 Å². The van der Waals surface area contributed by atoms with Crippen LogP contribution in [0.4, 0.5) is 5.13 Å². The normalized spacial score (nSPS) is 16.6. The number of amides is 1. The first-order valence-corrected chi connectivity index (χ1v) is 11.2. The van der Waals surface area contributed by atoms with Crippen molar-refractivity contribution in [2.24, 2.45) is 0 Å². The molecule has 0 bridgehead atoms. The lowest BCUT2D eigenvalue weighted by molar-refractivity contribution is 0.101. The standard InChI is InChI=1S/C22H25N5O4S/c1-14-7-5-6-10-26(14)13-15-12-23-22(32-15)24-21(30)20-17(28)11-19(29)27(25-20)16-8-3-4-9-18(16)31-2/h3-4,8-9,11-12,14,28H,5-7,10,13H2,1-2H3,(H,23,24,30). The van der Waals surface area contributed by atoms with Gasteiger partial charge in [-0.15, -0.1) is 11.3 Å². The fourth-order valence-corrected chi connectivity index (χ4v) is 4.61. The van der Waals surface area contributed by atoms with Gasteiger partial charge in [0, 0.05) is 29.7 Å². The maximum absolute atomic E-state index is 12.8. The molecule has 1 aromatic carbocycles. The number of piperidine rings is 1. The zero-order valence-corrected chi connectivity index (χ0v) is 18.8. The lowest BCUT2D eigenvalue weighted by Crippen LogP contribution is -2.36. The highest BCUT2D eigenvalue weighted by Gasteiger charge is 2.21. The van der Waals surface area contributed by atoms with Gasteiger partial charge in [0.25, 0.3) is 11.5 Å². The summed E-state index contributed by atoms with van der Waals surface area (Å²) in [6, 6.07) is 8.28. The summed E-state index contributed by atoms with van der Waals surface area (Å²) < 4.78 is 6.30. The Hall–Kier alpha value is -3.24. The summed E-state index contributed by atoms with van der Waals surface area (Å²) in [5.74, 6) is -0.744. The van der Waals surface area contributed by atoms with E-state index in [1.807, 2.05) is 0 Å². The molecule has 1 saturated heterocycles. The SMILES string of the molecule is COc1ccccc1-n1nc(C(=O)Nc2ncc(CN3CCCCC3C)s2)c(O)cc1=O. The summed E-state index contributed by atoms with van der Waals surface area (Å²) in [6.07, 6.45) is 5.40. The van der Waals surface area contributed by atoms with Gasteiger partial charge in [0.1, 0.15) is 11.4 Å². The monoisotopic (exact) mass is 455 g/mol. The van der Waals surface area contributed by atoms with E-state index in [-0.39, 0.29) is 5.69 Å². The van der Waals surface area contributed by atoms with Crippen LogP contribution in [0.15, 0.2) is 41.3 Å². The fraction of sp³-hybridized carbons (Fsp3) is 0.364. The minimum absolute atomic E-state index is 0.281. The van der Waals surface area contributed by atoms with Crippen molar-refractivity contribution in [3.05, 3.63) is 57.5 Å². The van der Waals surface area contributed by atoms with Crippen molar-refractivity contribution in [2.75, 3.05) is 19.0 Å². The number of carbonyl (C=O) groups is 1. The highest BCUT2D eigenvalue weighted by molar-refractivity contribution is 7.15. The minimum Gasteiger partial charge on any atom is -0.505 e. The van der Waals surface area contributed by atoms with Gasteiger partial charge in [-0.3, -0.25) is 19.8 Å². The second kappa shape index (κ2) is 9.49. The van der Waals surface area contributed by atoms with E-state index in [2.05, 4.69) is 27.2 Å². The van der Waals surface area contributed by atoms with Crippen LogP contribution in [-0.4, -0.2) is 50.4 Å². The van der Waals surface area contributed by atoms with Crippen molar-refractivity contribution in [1.82, 2.24) is 19.7 Å². The Kier molecular flexibility index (Phi) is 6.52. The number of anilines is 1. The minimum atomic E-state index is -0.654. The molecule has 1 fully saturated rings. The Bertz CT molecular complexity index is 1180. The number of aromatic nitrogens is 3. The van der Waals surface area contributed by atoms with Gasteiger partial charge >= 0.3 is 0 Å². The number of rotatable bonds is 6. The lowest BCUT2D eigenvalue weighted by atomic mass is 10.0. The van der Waals surface area contributed by atoms with E-state index in [1.165, 1.54) is 37.7 Å². The number of likely N-dealkylation sites (tertiary alicyclic amines) is 1. The molecule has 2 N–H and O–H groups in total. The van der Waals surface area contributed by atoms with Gasteiger partial charge in [0.05, 0.1) is 7.11 Å². The lowest BCUT2D eigenvalue weighted by Gasteiger charge is -2.32. The van der Waals surface area contributed by atoms with Crippen LogP contribution >= 0.6 is 11.3 Å². The van der Waals surface area contributed by atoms with Gasteiger partial charge in [-0.2, -0.15) is 9.78 Å². The molecule has 32 heavy (non-hydrogen) atoms. The molecule has 168 valence electrons. The van der Waals surface area contributed by atoms with Crippen molar-refractivity contribution < 1.29 is 14.6 Å². The first-order valence-electron chi connectivity index (χ1n) is 10.4. The predicted molar refractivity (Wildman–Crippen MR) is 122 cm³/mol. The Morgan fingerprint density at radius 2 is 2.16 bits per heavy atom. The van der Waals surface area contributed by atoms with Crippen LogP contribution in [-0.2, 0) is 6.54 Å². The average Bonchev–Trinajstić information content (AvgIpc) is 3.22. The number of benzene rings is 1. The largest absolute Gasteiger partial charge is 0.505 e. The molecule has 0 aliphatic carbocycles. The molecule has 0 saturated carbocycles. The average molecular weight is 456 g/mol. The highest BCUT2D eigenvalue weighted by Crippen LogP contribution is 2.25. The summed E-state index contributed by atoms with van der Waals surface area (Å²) >= 11 is 1.38. The zero-order valence-electron chi connectivity index (χ0n) is 17.9. The molecule has 3 heterocycles. The molecule has 1 aliphatic rings. The maximum Gasteiger partial charge on any atom is 0.281 e. The van der Waals surface area contributed by atoms with Crippen LogP contribution in [0.5, 0.6) is 11.5 Å². The number of ether oxygens (including phenoxy) is 1. The third kappa shape index (κ3) is 4.66. The molecule has 1 amide bonds. The third-order valence-corrected chi connectivity index (χ3v) is 6.41. The van der Waals surface area contributed by atoms with E-state index in [1.54, 1.807) is 30.5 Å². The number of nitrogens with zero attached hydrogens (tertiary/aromatic N) is 4.